The van der Waals surface area contributed by atoms with Crippen molar-refractivity contribution in [1.82, 2.24) is 4.90 Å². The van der Waals surface area contributed by atoms with Crippen molar-refractivity contribution < 1.29 is 0 Å². The van der Waals surface area contributed by atoms with E-state index in [0.717, 1.165) is 23.6 Å². The van der Waals surface area contributed by atoms with E-state index in [1.807, 2.05) is 6.07 Å². The Kier molecular flexibility index (Phi) is 3.14. The number of hydrogen-bond donors (Lipinski definition) is 1. The minimum absolute atomic E-state index is 0.0590. The topological polar surface area (TPSA) is 40.0 Å². The van der Waals surface area contributed by atoms with Crippen LogP contribution in [0, 0.1) is 0 Å². The number of nitrogens with zero attached hydrogens (tertiary/aromatic N) is 3. The zero-order valence-corrected chi connectivity index (χ0v) is 11.6. The van der Waals surface area contributed by atoms with Gasteiger partial charge in [0.15, 0.2) is 0 Å². The summed E-state index contributed by atoms with van der Waals surface area (Å²) in [6.07, 6.45) is 2.52. The molecule has 0 aliphatic carbocycles. The van der Waals surface area contributed by atoms with Gasteiger partial charge in [0, 0.05) is 0 Å². The second kappa shape index (κ2) is 4.76. The van der Waals surface area contributed by atoms with Crippen LogP contribution in [0.2, 0.25) is 0 Å². The third kappa shape index (κ3) is 2.36. The first-order valence-electron chi connectivity index (χ1n) is 5.99. The number of nitrogens with one attached hydrogen (secondary N) is 1. The molecular formula is C12H16N4Se. The number of hydrogen-bond acceptors (Lipinski definition) is 4. The van der Waals surface area contributed by atoms with Crippen molar-refractivity contribution in [2.45, 2.75) is 18.9 Å². The van der Waals surface area contributed by atoms with E-state index in [2.05, 4.69) is 37.3 Å². The zero-order chi connectivity index (χ0) is 11.7. The third-order valence-corrected chi connectivity index (χ3v) is 4.41. The fraction of sp³-hybridized carbons (Fsp3) is 0.500. The number of rotatable bonds is 2. The van der Waals surface area contributed by atoms with Crippen LogP contribution in [0.25, 0.3) is 0 Å². The van der Waals surface area contributed by atoms with Gasteiger partial charge in [0.2, 0.25) is 0 Å². The number of benzene rings is 1. The quantitative estimate of drug-likeness (QED) is 0.865. The summed E-state index contributed by atoms with van der Waals surface area (Å²) in [7, 11) is 2.19. The Hall–Kier alpha value is -0.901. The molecule has 0 aromatic heterocycles. The summed E-state index contributed by atoms with van der Waals surface area (Å²) in [5.74, 6) is 0. The van der Waals surface area contributed by atoms with Crippen molar-refractivity contribution in [3.63, 3.8) is 0 Å². The van der Waals surface area contributed by atoms with Crippen LogP contribution in [0.4, 0.5) is 17.1 Å². The van der Waals surface area contributed by atoms with Gasteiger partial charge in [0.25, 0.3) is 0 Å². The molecule has 1 fully saturated rings. The Labute approximate surface area is 107 Å². The van der Waals surface area contributed by atoms with E-state index >= 15 is 0 Å². The summed E-state index contributed by atoms with van der Waals surface area (Å²) in [5, 5.41) is 3.63. The first-order valence-corrected chi connectivity index (χ1v) is 7.52. The van der Waals surface area contributed by atoms with E-state index in [0.29, 0.717) is 6.04 Å². The van der Waals surface area contributed by atoms with E-state index in [1.165, 1.54) is 19.4 Å². The molecule has 1 aromatic carbocycles. The second-order valence-corrected chi connectivity index (χ2v) is 5.79. The molecule has 1 aromatic rings. The molecule has 2 aliphatic heterocycles. The summed E-state index contributed by atoms with van der Waals surface area (Å²) in [6.45, 7) is 2.33. The minimum atomic E-state index is 0.0590. The van der Waals surface area contributed by atoms with Crippen LogP contribution in [-0.4, -0.2) is 45.6 Å². The monoisotopic (exact) mass is 296 g/mol. The van der Waals surface area contributed by atoms with Crippen molar-refractivity contribution in [3.8, 4) is 0 Å². The summed E-state index contributed by atoms with van der Waals surface area (Å²) < 4.78 is 8.92. The van der Waals surface area contributed by atoms with E-state index < -0.39 is 0 Å². The van der Waals surface area contributed by atoms with Gasteiger partial charge in [0.05, 0.1) is 0 Å². The summed E-state index contributed by atoms with van der Waals surface area (Å²) in [4.78, 5) is 2.38. The molecule has 90 valence electrons. The Balaban J connectivity index is 1.77. The molecular weight excluding hydrogens is 279 g/mol. The Morgan fingerprint density at radius 3 is 3.24 bits per heavy atom. The maximum absolute atomic E-state index is 4.50. The molecule has 0 saturated carbocycles. The van der Waals surface area contributed by atoms with Gasteiger partial charge in [-0.3, -0.25) is 0 Å². The molecule has 0 spiro atoms. The summed E-state index contributed by atoms with van der Waals surface area (Å²) in [5.41, 5.74) is 3.28. The molecule has 1 atom stereocenters. The van der Waals surface area contributed by atoms with E-state index in [9.17, 15) is 0 Å². The average molecular weight is 295 g/mol. The molecule has 0 bridgehead atoms. The first-order chi connectivity index (χ1) is 8.33. The molecule has 17 heavy (non-hydrogen) atoms. The SMILES string of the molecule is CN1CCCC(Nc2cccc3c2N=[Se]=N3)C1. The van der Waals surface area contributed by atoms with Gasteiger partial charge < -0.3 is 0 Å². The zero-order valence-electron chi connectivity index (χ0n) is 9.89. The molecule has 2 aliphatic rings. The van der Waals surface area contributed by atoms with Gasteiger partial charge in [-0.15, -0.1) is 0 Å². The summed E-state index contributed by atoms with van der Waals surface area (Å²) in [6, 6.07) is 6.77. The Morgan fingerprint density at radius 2 is 2.35 bits per heavy atom. The van der Waals surface area contributed by atoms with Crippen LogP contribution in [-0.2, 0) is 0 Å². The third-order valence-electron chi connectivity index (χ3n) is 3.27. The van der Waals surface area contributed by atoms with Crippen LogP contribution < -0.4 is 5.32 Å². The van der Waals surface area contributed by atoms with Crippen LogP contribution >= 0.6 is 0 Å². The van der Waals surface area contributed by atoms with Crippen LogP contribution in [0.15, 0.2) is 26.1 Å². The Morgan fingerprint density at radius 1 is 1.41 bits per heavy atom. The normalized spacial score (nSPS) is 23.2. The number of piperidine rings is 1. The molecule has 2 heterocycles. The van der Waals surface area contributed by atoms with Gasteiger partial charge in [-0.2, -0.15) is 0 Å². The van der Waals surface area contributed by atoms with E-state index in [-0.39, 0.29) is 14.6 Å². The standard InChI is InChI=1S/C12H16N4Se/c1-16-7-3-4-9(8-16)13-10-5-2-6-11-12(10)15-17-14-11/h2,5-6,9,13H,3-4,7-8H2,1H3. The maximum atomic E-state index is 4.50. The van der Waals surface area contributed by atoms with Gasteiger partial charge in [-0.05, 0) is 0 Å². The van der Waals surface area contributed by atoms with Crippen molar-refractivity contribution in [1.29, 1.82) is 0 Å². The van der Waals surface area contributed by atoms with E-state index in [1.54, 1.807) is 0 Å². The van der Waals surface area contributed by atoms with Gasteiger partial charge in [0.1, 0.15) is 0 Å². The van der Waals surface area contributed by atoms with Gasteiger partial charge in [-0.1, -0.05) is 0 Å². The molecule has 0 radical (unpaired) electrons. The fourth-order valence-electron chi connectivity index (χ4n) is 2.43. The van der Waals surface area contributed by atoms with Crippen molar-refractivity contribution in [2.24, 2.45) is 7.92 Å². The molecule has 3 rings (SSSR count). The number of anilines is 1. The number of fused-ring (bicyclic) bond motifs is 1. The van der Waals surface area contributed by atoms with E-state index in [4.69, 9.17) is 0 Å². The predicted octanol–water partition coefficient (Wildman–Crippen LogP) is 2.54. The van der Waals surface area contributed by atoms with Gasteiger partial charge >= 0.3 is 107 Å². The molecule has 5 heteroatoms. The first kappa shape index (κ1) is 11.2. The fourth-order valence-corrected chi connectivity index (χ4v) is 3.58. The molecule has 0 amide bonds. The second-order valence-electron chi connectivity index (χ2n) is 4.68. The molecule has 1 N–H and O–H groups in total. The van der Waals surface area contributed by atoms with Crippen LogP contribution in [0.5, 0.6) is 0 Å². The van der Waals surface area contributed by atoms with Crippen molar-refractivity contribution in [3.05, 3.63) is 18.2 Å². The predicted molar refractivity (Wildman–Crippen MR) is 70.5 cm³/mol. The van der Waals surface area contributed by atoms with Gasteiger partial charge in [-0.25, -0.2) is 0 Å². The Bertz CT molecular complexity index is 493. The van der Waals surface area contributed by atoms with Crippen LogP contribution in [0.1, 0.15) is 12.8 Å². The summed E-state index contributed by atoms with van der Waals surface area (Å²) >= 11 is 0.0590. The molecule has 4 nitrogen and oxygen atoms in total. The van der Waals surface area contributed by atoms with Crippen molar-refractivity contribution >= 4 is 31.6 Å². The van der Waals surface area contributed by atoms with Crippen LogP contribution in [0.3, 0.4) is 0 Å². The molecule has 1 unspecified atom stereocenters. The van der Waals surface area contributed by atoms with Crippen molar-refractivity contribution in [2.75, 3.05) is 25.5 Å². The number of likely N-dealkylation sites (tertiary alicyclic amines) is 1. The molecule has 1 saturated heterocycles. The number of likely N-dealkylation sites (N-methyl/N-ethyl adjacent to an activating group) is 1. The average Bonchev–Trinajstić information content (AvgIpc) is 2.78.